The molecule has 13 heavy (non-hydrogen) atoms. The Labute approximate surface area is 82.5 Å². The molecule has 1 saturated carbocycles. The quantitative estimate of drug-likeness (QED) is 0.665. The van der Waals surface area contributed by atoms with Crippen molar-refractivity contribution in [3.05, 3.63) is 29.6 Å². The fraction of sp³-hybridized carbons (Fsp3) is 0.455. The number of thioether (sulfide) groups is 1. The third kappa shape index (κ3) is 2.47. The van der Waals surface area contributed by atoms with E-state index in [0.29, 0.717) is 0 Å². The maximum absolute atomic E-state index is 12.9. The first kappa shape index (κ1) is 9.07. The van der Waals surface area contributed by atoms with Gasteiger partial charge in [-0.15, -0.1) is 11.8 Å². The van der Waals surface area contributed by atoms with Crippen molar-refractivity contribution in [2.75, 3.05) is 5.75 Å². The van der Waals surface area contributed by atoms with E-state index in [-0.39, 0.29) is 5.82 Å². The number of rotatable bonds is 3. The first-order chi connectivity index (χ1) is 6.25. The van der Waals surface area contributed by atoms with Gasteiger partial charge >= 0.3 is 0 Å². The van der Waals surface area contributed by atoms with Gasteiger partial charge in [-0.25, -0.2) is 4.39 Å². The lowest BCUT2D eigenvalue weighted by atomic mass is 10.2. The number of halogens is 1. The fourth-order valence-electron chi connectivity index (χ4n) is 1.21. The summed E-state index contributed by atoms with van der Waals surface area (Å²) in [6, 6.07) is 5.36. The fourth-order valence-corrected chi connectivity index (χ4v) is 2.39. The van der Waals surface area contributed by atoms with Gasteiger partial charge in [0.2, 0.25) is 0 Å². The minimum Gasteiger partial charge on any atom is -0.207 e. The van der Waals surface area contributed by atoms with Crippen LogP contribution in [0.4, 0.5) is 4.39 Å². The van der Waals surface area contributed by atoms with E-state index in [4.69, 9.17) is 0 Å². The van der Waals surface area contributed by atoms with Crippen molar-refractivity contribution in [1.29, 1.82) is 0 Å². The summed E-state index contributed by atoms with van der Waals surface area (Å²) in [7, 11) is 0. The molecule has 2 heteroatoms. The van der Waals surface area contributed by atoms with Crippen LogP contribution in [0.5, 0.6) is 0 Å². The summed E-state index contributed by atoms with van der Waals surface area (Å²) in [6.07, 6.45) is 2.76. The van der Waals surface area contributed by atoms with Crippen molar-refractivity contribution in [2.45, 2.75) is 24.7 Å². The summed E-state index contributed by atoms with van der Waals surface area (Å²) in [5.41, 5.74) is 0.751. The van der Waals surface area contributed by atoms with Crippen LogP contribution < -0.4 is 0 Å². The molecule has 0 amide bonds. The maximum atomic E-state index is 12.9. The number of hydrogen-bond donors (Lipinski definition) is 0. The van der Waals surface area contributed by atoms with Crippen molar-refractivity contribution in [3.63, 3.8) is 0 Å². The molecule has 0 nitrogen and oxygen atoms in total. The SMILES string of the molecule is Cc1cc(SCC2CC2)ccc1F. The molecule has 1 aromatic rings. The summed E-state index contributed by atoms with van der Waals surface area (Å²) < 4.78 is 12.9. The monoisotopic (exact) mass is 196 g/mol. The third-order valence-corrected chi connectivity index (χ3v) is 3.54. The Morgan fingerprint density at radius 3 is 2.85 bits per heavy atom. The van der Waals surface area contributed by atoms with Gasteiger partial charge in [0.15, 0.2) is 0 Å². The Balaban J connectivity index is 1.98. The minimum atomic E-state index is -0.101. The van der Waals surface area contributed by atoms with E-state index < -0.39 is 0 Å². The normalized spacial score (nSPS) is 16.2. The summed E-state index contributed by atoms with van der Waals surface area (Å²) in [4.78, 5) is 1.20. The molecule has 1 aromatic carbocycles. The van der Waals surface area contributed by atoms with Crippen LogP contribution in [0.2, 0.25) is 0 Å². The van der Waals surface area contributed by atoms with Crippen LogP contribution in [-0.2, 0) is 0 Å². The van der Waals surface area contributed by atoms with E-state index in [0.717, 1.165) is 11.5 Å². The van der Waals surface area contributed by atoms with Crippen molar-refractivity contribution in [1.82, 2.24) is 0 Å². The molecule has 0 aromatic heterocycles. The van der Waals surface area contributed by atoms with Crippen LogP contribution >= 0.6 is 11.8 Å². The van der Waals surface area contributed by atoms with Gasteiger partial charge in [-0.05, 0) is 49.4 Å². The molecule has 0 bridgehead atoms. The Bertz CT molecular complexity index is 305. The highest BCUT2D eigenvalue weighted by molar-refractivity contribution is 7.99. The topological polar surface area (TPSA) is 0 Å². The zero-order valence-corrected chi connectivity index (χ0v) is 8.53. The largest absolute Gasteiger partial charge is 0.207 e. The summed E-state index contributed by atoms with van der Waals surface area (Å²) in [6.45, 7) is 1.82. The molecular formula is C11H13FS. The van der Waals surface area contributed by atoms with Crippen LogP contribution in [0.15, 0.2) is 23.1 Å². The predicted octanol–water partition coefficient (Wildman–Crippen LogP) is 3.64. The highest BCUT2D eigenvalue weighted by Gasteiger charge is 2.20. The van der Waals surface area contributed by atoms with E-state index >= 15 is 0 Å². The van der Waals surface area contributed by atoms with Crippen LogP contribution in [-0.4, -0.2) is 5.75 Å². The molecule has 70 valence electrons. The van der Waals surface area contributed by atoms with Crippen LogP contribution in [0.25, 0.3) is 0 Å². The number of benzene rings is 1. The second-order valence-electron chi connectivity index (χ2n) is 3.67. The Morgan fingerprint density at radius 2 is 2.23 bits per heavy atom. The Hall–Kier alpha value is -0.500. The molecule has 0 atom stereocenters. The van der Waals surface area contributed by atoms with E-state index in [1.54, 1.807) is 6.07 Å². The van der Waals surface area contributed by atoms with Crippen molar-refractivity contribution < 1.29 is 4.39 Å². The summed E-state index contributed by atoms with van der Waals surface area (Å²) in [5.74, 6) is 2.02. The van der Waals surface area contributed by atoms with Crippen molar-refractivity contribution >= 4 is 11.8 Å². The second-order valence-corrected chi connectivity index (χ2v) is 4.76. The molecule has 0 unspecified atom stereocenters. The number of aryl methyl sites for hydroxylation is 1. The van der Waals surface area contributed by atoms with Gasteiger partial charge in [-0.2, -0.15) is 0 Å². The highest BCUT2D eigenvalue weighted by atomic mass is 32.2. The predicted molar refractivity (Wildman–Crippen MR) is 54.6 cm³/mol. The standard InChI is InChI=1S/C11H13FS/c1-8-6-10(4-5-11(8)12)13-7-9-2-3-9/h4-6,9H,2-3,7H2,1H3. The Kier molecular flexibility index (Phi) is 2.58. The Morgan fingerprint density at radius 1 is 1.46 bits per heavy atom. The second kappa shape index (κ2) is 3.70. The zero-order valence-electron chi connectivity index (χ0n) is 7.72. The first-order valence-electron chi connectivity index (χ1n) is 4.64. The lowest BCUT2D eigenvalue weighted by Crippen LogP contribution is -1.84. The maximum Gasteiger partial charge on any atom is 0.126 e. The lowest BCUT2D eigenvalue weighted by molar-refractivity contribution is 0.617. The van der Waals surface area contributed by atoms with Crippen LogP contribution in [0.3, 0.4) is 0 Å². The molecule has 0 heterocycles. The summed E-state index contributed by atoms with van der Waals surface area (Å²) >= 11 is 1.85. The molecule has 0 saturated heterocycles. The van der Waals surface area contributed by atoms with Crippen molar-refractivity contribution in [3.8, 4) is 0 Å². The lowest BCUT2D eigenvalue weighted by Gasteiger charge is -2.02. The summed E-state index contributed by atoms with van der Waals surface area (Å²) in [5, 5.41) is 0. The average Bonchev–Trinajstić information content (AvgIpc) is 2.91. The van der Waals surface area contributed by atoms with Gasteiger partial charge in [0.25, 0.3) is 0 Å². The molecule has 0 aliphatic heterocycles. The van der Waals surface area contributed by atoms with E-state index in [1.165, 1.54) is 23.5 Å². The molecule has 1 fully saturated rings. The van der Waals surface area contributed by atoms with Gasteiger partial charge < -0.3 is 0 Å². The van der Waals surface area contributed by atoms with E-state index in [2.05, 4.69) is 0 Å². The molecule has 0 radical (unpaired) electrons. The molecule has 0 N–H and O–H groups in total. The van der Waals surface area contributed by atoms with E-state index in [9.17, 15) is 4.39 Å². The molecule has 1 aliphatic carbocycles. The third-order valence-electron chi connectivity index (χ3n) is 2.31. The average molecular weight is 196 g/mol. The van der Waals surface area contributed by atoms with Crippen LogP contribution in [0.1, 0.15) is 18.4 Å². The first-order valence-corrected chi connectivity index (χ1v) is 5.63. The van der Waals surface area contributed by atoms with Gasteiger partial charge in [0, 0.05) is 10.6 Å². The molecule has 0 spiro atoms. The molecule has 2 rings (SSSR count). The van der Waals surface area contributed by atoms with Gasteiger partial charge in [0.1, 0.15) is 5.82 Å². The smallest absolute Gasteiger partial charge is 0.126 e. The van der Waals surface area contributed by atoms with Gasteiger partial charge in [0.05, 0.1) is 0 Å². The van der Waals surface area contributed by atoms with Crippen LogP contribution in [0, 0.1) is 18.7 Å². The van der Waals surface area contributed by atoms with Gasteiger partial charge in [-0.3, -0.25) is 0 Å². The van der Waals surface area contributed by atoms with Gasteiger partial charge in [-0.1, -0.05) is 0 Å². The minimum absolute atomic E-state index is 0.101. The van der Waals surface area contributed by atoms with E-state index in [1.807, 2.05) is 30.8 Å². The van der Waals surface area contributed by atoms with Crippen molar-refractivity contribution in [2.24, 2.45) is 5.92 Å². The number of hydrogen-bond acceptors (Lipinski definition) is 1. The molecule has 1 aliphatic rings. The molecular weight excluding hydrogens is 183 g/mol. The zero-order chi connectivity index (χ0) is 9.26. The highest BCUT2D eigenvalue weighted by Crippen LogP contribution is 2.35.